The number of ether oxygens (including phenoxy) is 1. The van der Waals surface area contributed by atoms with Crippen LogP contribution in [0.5, 0.6) is 5.75 Å². The highest BCUT2D eigenvalue weighted by Gasteiger charge is 2.14. The molecule has 0 aliphatic rings. The van der Waals surface area contributed by atoms with Crippen molar-refractivity contribution in [2.24, 2.45) is 5.10 Å². The fourth-order valence-electron chi connectivity index (χ4n) is 2.38. The number of hydrogen-bond acceptors (Lipinski definition) is 6. The van der Waals surface area contributed by atoms with Crippen LogP contribution in [0.1, 0.15) is 12.5 Å². The predicted octanol–water partition coefficient (Wildman–Crippen LogP) is 4.45. The summed E-state index contributed by atoms with van der Waals surface area (Å²) in [5, 5.41) is 22.3. The van der Waals surface area contributed by atoms with Crippen molar-refractivity contribution in [1.82, 2.24) is 14.9 Å². The van der Waals surface area contributed by atoms with E-state index in [-0.39, 0.29) is 15.5 Å². The van der Waals surface area contributed by atoms with Crippen LogP contribution in [0.25, 0.3) is 11.4 Å². The van der Waals surface area contributed by atoms with E-state index < -0.39 is 4.92 Å². The number of H-pyrrole nitrogens is 1. The van der Waals surface area contributed by atoms with Gasteiger partial charge in [0.05, 0.1) is 23.3 Å². The lowest BCUT2D eigenvalue weighted by atomic mass is 10.2. The Labute approximate surface area is 164 Å². The second kappa shape index (κ2) is 8.11. The molecule has 27 heavy (non-hydrogen) atoms. The number of para-hydroxylation sites is 1. The molecule has 1 aromatic heterocycles. The SMILES string of the molecule is CCOc1ccccc1-c1n[nH]c(=S)n1/N=C\c1ccc(Cl)c([N+](=O)[O-])c1. The number of aromatic amines is 1. The van der Waals surface area contributed by atoms with E-state index in [0.717, 1.165) is 0 Å². The van der Waals surface area contributed by atoms with Crippen LogP contribution >= 0.6 is 23.8 Å². The first kappa shape index (κ1) is 18.7. The molecule has 0 fully saturated rings. The summed E-state index contributed by atoms with van der Waals surface area (Å²) < 4.78 is 7.33. The second-order valence-electron chi connectivity index (χ2n) is 5.31. The third-order valence-corrected chi connectivity index (χ3v) is 4.15. The zero-order chi connectivity index (χ0) is 19.4. The highest BCUT2D eigenvalue weighted by Crippen LogP contribution is 2.28. The van der Waals surface area contributed by atoms with Gasteiger partial charge in [-0.2, -0.15) is 14.9 Å². The molecule has 3 rings (SSSR count). The number of hydrogen-bond donors (Lipinski definition) is 1. The van der Waals surface area contributed by atoms with E-state index in [2.05, 4.69) is 15.3 Å². The first-order chi connectivity index (χ1) is 13.0. The third kappa shape index (κ3) is 4.04. The van der Waals surface area contributed by atoms with E-state index in [1.807, 2.05) is 31.2 Å². The summed E-state index contributed by atoms with van der Waals surface area (Å²) in [5.41, 5.74) is 1.02. The van der Waals surface area contributed by atoms with Crippen LogP contribution in [0.2, 0.25) is 5.02 Å². The van der Waals surface area contributed by atoms with Crippen LogP contribution in [-0.4, -0.2) is 32.6 Å². The van der Waals surface area contributed by atoms with Crippen LogP contribution in [0, 0.1) is 14.9 Å². The second-order valence-corrected chi connectivity index (χ2v) is 6.10. The van der Waals surface area contributed by atoms with E-state index >= 15 is 0 Å². The van der Waals surface area contributed by atoms with Gasteiger partial charge in [-0.15, -0.1) is 0 Å². The smallest absolute Gasteiger partial charge is 0.288 e. The molecule has 0 saturated carbocycles. The first-order valence-corrected chi connectivity index (χ1v) is 8.67. The molecule has 1 N–H and O–H groups in total. The van der Waals surface area contributed by atoms with E-state index in [1.165, 1.54) is 23.0 Å². The Bertz CT molecular complexity index is 1080. The number of nitrogens with one attached hydrogen (secondary N) is 1. The maximum absolute atomic E-state index is 11.0. The summed E-state index contributed by atoms with van der Waals surface area (Å²) in [5.74, 6) is 1.11. The normalized spacial score (nSPS) is 11.0. The lowest BCUT2D eigenvalue weighted by molar-refractivity contribution is -0.384. The number of rotatable bonds is 6. The fraction of sp³-hybridized carbons (Fsp3) is 0.118. The van der Waals surface area contributed by atoms with Gasteiger partial charge in [-0.05, 0) is 37.3 Å². The molecule has 10 heteroatoms. The van der Waals surface area contributed by atoms with E-state index in [0.29, 0.717) is 29.3 Å². The Morgan fingerprint density at radius 2 is 2.19 bits per heavy atom. The molecule has 0 bridgehead atoms. The number of nitro groups is 1. The van der Waals surface area contributed by atoms with Gasteiger partial charge < -0.3 is 4.74 Å². The summed E-state index contributed by atoms with van der Waals surface area (Å²) >= 11 is 11.1. The van der Waals surface area contributed by atoms with Crippen LogP contribution in [0.4, 0.5) is 5.69 Å². The number of halogens is 1. The standard InChI is InChI=1S/C17H14ClN5O3S/c1-2-26-15-6-4-3-5-12(15)16-20-21-17(27)22(16)19-10-11-7-8-13(18)14(9-11)23(24)25/h3-10H,2H2,1H3,(H,21,27)/b19-10-. The van der Waals surface area contributed by atoms with Gasteiger partial charge in [0.25, 0.3) is 5.69 Å². The molecule has 0 atom stereocenters. The minimum absolute atomic E-state index is 0.0587. The molecule has 138 valence electrons. The van der Waals surface area contributed by atoms with Crippen molar-refractivity contribution in [3.05, 3.63) is 67.9 Å². The molecule has 0 unspecified atom stereocenters. The summed E-state index contributed by atoms with van der Waals surface area (Å²) in [6, 6.07) is 11.8. The monoisotopic (exact) mass is 403 g/mol. The topological polar surface area (TPSA) is 98.3 Å². The van der Waals surface area contributed by atoms with Crippen molar-refractivity contribution < 1.29 is 9.66 Å². The summed E-state index contributed by atoms with van der Waals surface area (Å²) in [4.78, 5) is 10.5. The molecular weight excluding hydrogens is 390 g/mol. The van der Waals surface area contributed by atoms with Crippen molar-refractivity contribution in [2.75, 3.05) is 6.61 Å². The van der Waals surface area contributed by atoms with Crippen molar-refractivity contribution in [3.63, 3.8) is 0 Å². The highest BCUT2D eigenvalue weighted by molar-refractivity contribution is 7.71. The molecule has 0 radical (unpaired) electrons. The average Bonchev–Trinajstić information content (AvgIpc) is 3.02. The molecule has 0 saturated heterocycles. The van der Waals surface area contributed by atoms with Crippen LogP contribution in [-0.2, 0) is 0 Å². The molecule has 8 nitrogen and oxygen atoms in total. The van der Waals surface area contributed by atoms with Gasteiger partial charge in [0.2, 0.25) is 4.77 Å². The average molecular weight is 404 g/mol. The molecule has 0 aliphatic carbocycles. The summed E-state index contributed by atoms with van der Waals surface area (Å²) in [6.45, 7) is 2.39. The molecule has 3 aromatic rings. The molecule has 1 heterocycles. The van der Waals surface area contributed by atoms with Gasteiger partial charge in [-0.25, -0.2) is 5.10 Å². The Morgan fingerprint density at radius 3 is 2.93 bits per heavy atom. The number of benzene rings is 2. The fourth-order valence-corrected chi connectivity index (χ4v) is 2.75. The quantitative estimate of drug-likeness (QED) is 0.284. The van der Waals surface area contributed by atoms with Gasteiger partial charge in [-0.3, -0.25) is 10.1 Å². The minimum Gasteiger partial charge on any atom is -0.493 e. The van der Waals surface area contributed by atoms with Gasteiger partial charge >= 0.3 is 0 Å². The largest absolute Gasteiger partial charge is 0.493 e. The Kier molecular flexibility index (Phi) is 5.63. The van der Waals surface area contributed by atoms with Crippen LogP contribution in [0.3, 0.4) is 0 Å². The summed E-state index contributed by atoms with van der Waals surface area (Å²) in [6.07, 6.45) is 1.45. The van der Waals surface area contributed by atoms with Gasteiger partial charge in [-0.1, -0.05) is 29.8 Å². The molecule has 0 aliphatic heterocycles. The lowest BCUT2D eigenvalue weighted by Crippen LogP contribution is -1.99. The van der Waals surface area contributed by atoms with E-state index in [1.54, 1.807) is 6.07 Å². The number of aromatic nitrogens is 3. The molecule has 0 spiro atoms. The van der Waals surface area contributed by atoms with Crippen LogP contribution in [0.15, 0.2) is 47.6 Å². The Morgan fingerprint density at radius 1 is 1.41 bits per heavy atom. The molecular formula is C17H14ClN5O3S. The van der Waals surface area contributed by atoms with Gasteiger partial charge in [0.15, 0.2) is 5.82 Å². The van der Waals surface area contributed by atoms with E-state index in [9.17, 15) is 10.1 Å². The van der Waals surface area contributed by atoms with Gasteiger partial charge in [0, 0.05) is 11.6 Å². The predicted molar refractivity (Wildman–Crippen MR) is 105 cm³/mol. The molecule has 0 amide bonds. The lowest BCUT2D eigenvalue weighted by Gasteiger charge is -2.08. The summed E-state index contributed by atoms with van der Waals surface area (Å²) in [7, 11) is 0. The van der Waals surface area contributed by atoms with Crippen molar-refractivity contribution in [2.45, 2.75) is 6.92 Å². The van der Waals surface area contributed by atoms with Crippen molar-refractivity contribution in [3.8, 4) is 17.1 Å². The number of nitrogens with zero attached hydrogens (tertiary/aromatic N) is 4. The van der Waals surface area contributed by atoms with Gasteiger partial charge in [0.1, 0.15) is 10.8 Å². The zero-order valence-corrected chi connectivity index (χ0v) is 15.7. The van der Waals surface area contributed by atoms with Crippen molar-refractivity contribution in [1.29, 1.82) is 0 Å². The van der Waals surface area contributed by atoms with Crippen molar-refractivity contribution >= 4 is 35.7 Å². The van der Waals surface area contributed by atoms with E-state index in [4.69, 9.17) is 28.6 Å². The maximum Gasteiger partial charge on any atom is 0.288 e. The highest BCUT2D eigenvalue weighted by atomic mass is 35.5. The number of nitro benzene ring substituents is 1. The first-order valence-electron chi connectivity index (χ1n) is 7.89. The Hall–Kier alpha value is -3.04. The zero-order valence-electron chi connectivity index (χ0n) is 14.1. The molecule has 2 aromatic carbocycles. The minimum atomic E-state index is -0.549. The third-order valence-electron chi connectivity index (χ3n) is 3.57. The maximum atomic E-state index is 11.0. The van der Waals surface area contributed by atoms with Crippen LogP contribution < -0.4 is 4.74 Å². The Balaban J connectivity index is 2.02.